The van der Waals surface area contributed by atoms with Crippen LogP contribution in [-0.2, 0) is 6.54 Å². The monoisotopic (exact) mass is 235 g/mol. The third kappa shape index (κ3) is 3.68. The summed E-state index contributed by atoms with van der Waals surface area (Å²) in [6, 6.07) is 5.74. The third-order valence-corrected chi connectivity index (χ3v) is 3.37. The molecular formula is C13H21N3O. The summed E-state index contributed by atoms with van der Waals surface area (Å²) >= 11 is 0. The van der Waals surface area contributed by atoms with E-state index in [1.807, 2.05) is 19.1 Å². The minimum absolute atomic E-state index is 0.502. The van der Waals surface area contributed by atoms with E-state index >= 15 is 0 Å². The van der Waals surface area contributed by atoms with Crippen LogP contribution in [0.1, 0.15) is 31.9 Å². The van der Waals surface area contributed by atoms with Crippen molar-refractivity contribution in [3.63, 3.8) is 0 Å². The second-order valence-electron chi connectivity index (χ2n) is 5.18. The Labute approximate surface area is 102 Å². The number of hydrogen-bond donors (Lipinski definition) is 2. The lowest BCUT2D eigenvalue weighted by atomic mass is 9.98. The number of pyridine rings is 1. The molecule has 1 atom stereocenters. The molecule has 2 heterocycles. The van der Waals surface area contributed by atoms with E-state index in [4.69, 9.17) is 5.73 Å². The van der Waals surface area contributed by atoms with Gasteiger partial charge in [0.05, 0.1) is 11.3 Å². The van der Waals surface area contributed by atoms with Gasteiger partial charge in [0, 0.05) is 13.1 Å². The summed E-state index contributed by atoms with van der Waals surface area (Å²) in [5.74, 6) is 0.573. The highest BCUT2D eigenvalue weighted by Crippen LogP contribution is 2.22. The highest BCUT2D eigenvalue weighted by molar-refractivity contribution is 5.28. The second-order valence-corrected chi connectivity index (χ2v) is 5.18. The summed E-state index contributed by atoms with van der Waals surface area (Å²) in [5, 5.41) is 10.0. The number of likely N-dealkylation sites (tertiary alicyclic amines) is 1. The van der Waals surface area contributed by atoms with Crippen LogP contribution in [0.5, 0.6) is 0 Å². The summed E-state index contributed by atoms with van der Waals surface area (Å²) in [6.07, 6.45) is 2.75. The molecule has 1 aliphatic rings. The predicted molar refractivity (Wildman–Crippen MR) is 68.4 cm³/mol. The SMILES string of the molecule is CC1(O)CCCN(Cc2cccc(N)n2)CC1. The van der Waals surface area contributed by atoms with Crippen LogP contribution in [0.15, 0.2) is 18.2 Å². The van der Waals surface area contributed by atoms with Crippen LogP contribution < -0.4 is 5.73 Å². The van der Waals surface area contributed by atoms with Gasteiger partial charge in [-0.3, -0.25) is 4.90 Å². The van der Waals surface area contributed by atoms with Crippen LogP contribution in [0.4, 0.5) is 5.82 Å². The van der Waals surface area contributed by atoms with E-state index < -0.39 is 5.60 Å². The topological polar surface area (TPSA) is 62.4 Å². The highest BCUT2D eigenvalue weighted by Gasteiger charge is 2.24. The molecule has 0 spiro atoms. The maximum atomic E-state index is 10.0. The van der Waals surface area contributed by atoms with Crippen molar-refractivity contribution in [1.29, 1.82) is 0 Å². The van der Waals surface area contributed by atoms with Crippen molar-refractivity contribution in [3.05, 3.63) is 23.9 Å². The molecule has 1 fully saturated rings. The molecule has 0 saturated carbocycles. The van der Waals surface area contributed by atoms with Crippen LogP contribution in [0, 0.1) is 0 Å². The minimum atomic E-state index is -0.502. The Morgan fingerprint density at radius 3 is 3.00 bits per heavy atom. The molecule has 2 rings (SSSR count). The fourth-order valence-electron chi connectivity index (χ4n) is 2.29. The largest absolute Gasteiger partial charge is 0.390 e. The number of aromatic nitrogens is 1. The van der Waals surface area contributed by atoms with Crippen molar-refractivity contribution in [3.8, 4) is 0 Å². The summed E-state index contributed by atoms with van der Waals surface area (Å²) in [7, 11) is 0. The number of anilines is 1. The lowest BCUT2D eigenvalue weighted by molar-refractivity contribution is 0.0444. The molecule has 1 saturated heterocycles. The summed E-state index contributed by atoms with van der Waals surface area (Å²) in [4.78, 5) is 6.64. The van der Waals surface area contributed by atoms with E-state index in [1.54, 1.807) is 6.07 Å². The van der Waals surface area contributed by atoms with E-state index in [0.29, 0.717) is 5.82 Å². The summed E-state index contributed by atoms with van der Waals surface area (Å²) in [5.41, 5.74) is 6.17. The van der Waals surface area contributed by atoms with Crippen LogP contribution in [0.25, 0.3) is 0 Å². The van der Waals surface area contributed by atoms with Gasteiger partial charge in [-0.15, -0.1) is 0 Å². The van der Waals surface area contributed by atoms with Gasteiger partial charge in [0.15, 0.2) is 0 Å². The van der Waals surface area contributed by atoms with Gasteiger partial charge in [-0.2, -0.15) is 0 Å². The van der Waals surface area contributed by atoms with E-state index in [2.05, 4.69) is 9.88 Å². The van der Waals surface area contributed by atoms with Crippen molar-refractivity contribution in [1.82, 2.24) is 9.88 Å². The van der Waals surface area contributed by atoms with Gasteiger partial charge >= 0.3 is 0 Å². The first-order valence-electron chi connectivity index (χ1n) is 6.21. The average Bonchev–Trinajstić information content (AvgIpc) is 2.41. The van der Waals surface area contributed by atoms with Crippen molar-refractivity contribution in [2.45, 2.75) is 38.3 Å². The van der Waals surface area contributed by atoms with Gasteiger partial charge in [-0.1, -0.05) is 6.07 Å². The molecule has 0 amide bonds. The zero-order valence-electron chi connectivity index (χ0n) is 10.4. The zero-order chi connectivity index (χ0) is 12.3. The Morgan fingerprint density at radius 1 is 1.41 bits per heavy atom. The minimum Gasteiger partial charge on any atom is -0.390 e. The van der Waals surface area contributed by atoms with Crippen molar-refractivity contribution in [2.75, 3.05) is 18.8 Å². The number of nitrogens with zero attached hydrogens (tertiary/aromatic N) is 2. The Balaban J connectivity index is 1.95. The van der Waals surface area contributed by atoms with Gasteiger partial charge in [0.1, 0.15) is 5.82 Å². The van der Waals surface area contributed by atoms with E-state index in [1.165, 1.54) is 0 Å². The number of nitrogen functional groups attached to an aromatic ring is 1. The summed E-state index contributed by atoms with van der Waals surface area (Å²) < 4.78 is 0. The Bertz CT molecular complexity index is 379. The molecule has 1 aromatic rings. The number of hydrogen-bond acceptors (Lipinski definition) is 4. The number of rotatable bonds is 2. The lowest BCUT2D eigenvalue weighted by Crippen LogP contribution is -2.28. The maximum Gasteiger partial charge on any atom is 0.123 e. The molecule has 1 unspecified atom stereocenters. The molecule has 0 aliphatic carbocycles. The van der Waals surface area contributed by atoms with Crippen LogP contribution in [0.3, 0.4) is 0 Å². The van der Waals surface area contributed by atoms with E-state index in [9.17, 15) is 5.11 Å². The van der Waals surface area contributed by atoms with E-state index in [-0.39, 0.29) is 0 Å². The van der Waals surface area contributed by atoms with Gasteiger partial charge in [-0.25, -0.2) is 4.98 Å². The number of aliphatic hydroxyl groups is 1. The lowest BCUT2D eigenvalue weighted by Gasteiger charge is -2.22. The highest BCUT2D eigenvalue weighted by atomic mass is 16.3. The van der Waals surface area contributed by atoms with Crippen molar-refractivity contribution in [2.24, 2.45) is 0 Å². The summed E-state index contributed by atoms with van der Waals surface area (Å²) in [6.45, 7) is 4.69. The quantitative estimate of drug-likeness (QED) is 0.813. The smallest absolute Gasteiger partial charge is 0.123 e. The maximum absolute atomic E-state index is 10.0. The van der Waals surface area contributed by atoms with Crippen molar-refractivity contribution >= 4 is 5.82 Å². The molecule has 4 nitrogen and oxygen atoms in total. The Hall–Kier alpha value is -1.13. The molecule has 94 valence electrons. The van der Waals surface area contributed by atoms with Crippen LogP contribution >= 0.6 is 0 Å². The molecule has 0 bridgehead atoms. The fourth-order valence-corrected chi connectivity index (χ4v) is 2.29. The molecule has 1 aliphatic heterocycles. The average molecular weight is 235 g/mol. The molecule has 4 heteroatoms. The predicted octanol–water partition coefficient (Wildman–Crippen LogP) is 1.40. The normalized spacial score (nSPS) is 26.7. The van der Waals surface area contributed by atoms with Crippen LogP contribution in [0.2, 0.25) is 0 Å². The van der Waals surface area contributed by atoms with Gasteiger partial charge < -0.3 is 10.8 Å². The van der Waals surface area contributed by atoms with Gasteiger partial charge in [0.25, 0.3) is 0 Å². The fraction of sp³-hybridized carbons (Fsp3) is 0.615. The molecule has 3 N–H and O–H groups in total. The number of nitrogens with two attached hydrogens (primary N) is 1. The first-order chi connectivity index (χ1) is 8.05. The Kier molecular flexibility index (Phi) is 3.64. The van der Waals surface area contributed by atoms with Gasteiger partial charge in [0.2, 0.25) is 0 Å². The van der Waals surface area contributed by atoms with Crippen LogP contribution in [-0.4, -0.2) is 33.7 Å². The molecular weight excluding hydrogens is 214 g/mol. The molecule has 1 aromatic heterocycles. The molecule has 17 heavy (non-hydrogen) atoms. The van der Waals surface area contributed by atoms with Crippen molar-refractivity contribution < 1.29 is 5.11 Å². The second kappa shape index (κ2) is 5.02. The molecule has 0 aromatic carbocycles. The van der Waals surface area contributed by atoms with Gasteiger partial charge in [-0.05, 0) is 44.9 Å². The standard InChI is InChI=1S/C13H21N3O/c1-13(17)6-3-8-16(9-7-13)10-11-4-2-5-12(14)15-11/h2,4-5,17H,3,6-10H2,1H3,(H2,14,15). The first kappa shape index (κ1) is 12.3. The molecule has 0 radical (unpaired) electrons. The Morgan fingerprint density at radius 2 is 2.24 bits per heavy atom. The first-order valence-corrected chi connectivity index (χ1v) is 6.21. The zero-order valence-corrected chi connectivity index (χ0v) is 10.4. The van der Waals surface area contributed by atoms with E-state index in [0.717, 1.165) is 44.6 Å². The third-order valence-electron chi connectivity index (χ3n) is 3.37.